The second-order valence-electron chi connectivity index (χ2n) is 8.26. The molecule has 2 fully saturated rings. The molecule has 0 bridgehead atoms. The Labute approximate surface area is 184 Å². The van der Waals surface area contributed by atoms with Crippen molar-refractivity contribution in [1.29, 1.82) is 0 Å². The molecular formula is C23H25FN4O2S. The second-order valence-corrected chi connectivity index (χ2v) is 9.37. The van der Waals surface area contributed by atoms with Crippen molar-refractivity contribution in [3.05, 3.63) is 57.9 Å². The summed E-state index contributed by atoms with van der Waals surface area (Å²) in [7, 11) is 0. The van der Waals surface area contributed by atoms with Crippen molar-refractivity contribution in [3.8, 4) is 11.4 Å². The predicted molar refractivity (Wildman–Crippen MR) is 116 cm³/mol. The smallest absolute Gasteiger partial charge is 0.263 e. The minimum absolute atomic E-state index is 0.0128. The molecule has 2 aliphatic rings. The third-order valence-electron chi connectivity index (χ3n) is 6.09. The number of carbonyl (C=O) groups is 1. The van der Waals surface area contributed by atoms with E-state index in [1.807, 2.05) is 11.0 Å². The summed E-state index contributed by atoms with van der Waals surface area (Å²) >= 11 is 1.60. The zero-order valence-corrected chi connectivity index (χ0v) is 18.0. The second kappa shape index (κ2) is 8.88. The molecule has 2 saturated heterocycles. The number of nitrogens with zero attached hydrogens (tertiary/aromatic N) is 3. The third kappa shape index (κ3) is 4.41. The minimum Gasteiger partial charge on any atom is -0.339 e. The van der Waals surface area contributed by atoms with Gasteiger partial charge in [-0.3, -0.25) is 4.79 Å². The zero-order chi connectivity index (χ0) is 21.2. The first-order valence-electron chi connectivity index (χ1n) is 10.9. The van der Waals surface area contributed by atoms with Crippen molar-refractivity contribution in [1.82, 2.24) is 20.4 Å². The highest BCUT2D eigenvalue weighted by Crippen LogP contribution is 2.32. The van der Waals surface area contributed by atoms with Crippen LogP contribution in [0.15, 0.2) is 40.9 Å². The van der Waals surface area contributed by atoms with Gasteiger partial charge in [0.2, 0.25) is 11.7 Å². The number of piperidine rings is 2. The first-order chi connectivity index (χ1) is 15.2. The van der Waals surface area contributed by atoms with E-state index in [2.05, 4.69) is 21.5 Å². The molecule has 1 aromatic carbocycles. The van der Waals surface area contributed by atoms with E-state index < -0.39 is 0 Å². The quantitative estimate of drug-likeness (QED) is 0.633. The fourth-order valence-electron chi connectivity index (χ4n) is 4.39. The summed E-state index contributed by atoms with van der Waals surface area (Å²) in [5.41, 5.74) is 0.711. The largest absolute Gasteiger partial charge is 0.339 e. The number of nitrogens with one attached hydrogen (secondary N) is 1. The van der Waals surface area contributed by atoms with Crippen molar-refractivity contribution in [2.45, 2.75) is 44.1 Å². The summed E-state index contributed by atoms with van der Waals surface area (Å²) < 4.78 is 18.7. The van der Waals surface area contributed by atoms with Crippen LogP contribution in [0.3, 0.4) is 0 Å². The number of halogens is 1. The molecule has 31 heavy (non-hydrogen) atoms. The fraction of sp³-hybridized carbons (Fsp3) is 0.435. The molecule has 0 saturated carbocycles. The Morgan fingerprint density at radius 2 is 2.00 bits per heavy atom. The number of benzene rings is 1. The molecule has 5 rings (SSSR count). The van der Waals surface area contributed by atoms with Crippen LogP contribution < -0.4 is 5.32 Å². The molecule has 2 aromatic heterocycles. The molecule has 6 nitrogen and oxygen atoms in total. The van der Waals surface area contributed by atoms with Crippen LogP contribution in [0.4, 0.5) is 4.39 Å². The minimum atomic E-state index is -0.301. The highest BCUT2D eigenvalue weighted by Gasteiger charge is 2.30. The van der Waals surface area contributed by atoms with E-state index in [4.69, 9.17) is 4.52 Å². The number of rotatable bonds is 4. The van der Waals surface area contributed by atoms with E-state index in [0.717, 1.165) is 37.2 Å². The van der Waals surface area contributed by atoms with Crippen molar-refractivity contribution in [2.75, 3.05) is 19.6 Å². The van der Waals surface area contributed by atoms with Gasteiger partial charge in [-0.05, 0) is 68.6 Å². The highest BCUT2D eigenvalue weighted by atomic mass is 32.1. The average Bonchev–Trinajstić information content (AvgIpc) is 3.50. The van der Waals surface area contributed by atoms with Gasteiger partial charge in [-0.15, -0.1) is 11.3 Å². The normalized spacial score (nSPS) is 21.9. The molecule has 2 aliphatic heterocycles. The van der Waals surface area contributed by atoms with Crippen molar-refractivity contribution in [3.63, 3.8) is 0 Å². The van der Waals surface area contributed by atoms with Gasteiger partial charge in [-0.25, -0.2) is 4.39 Å². The number of hydrogen-bond acceptors (Lipinski definition) is 6. The summed E-state index contributed by atoms with van der Waals surface area (Å²) in [5.74, 6) is 0.773. The van der Waals surface area contributed by atoms with E-state index in [1.165, 1.54) is 29.9 Å². The van der Waals surface area contributed by atoms with Gasteiger partial charge >= 0.3 is 0 Å². The maximum absolute atomic E-state index is 13.2. The summed E-state index contributed by atoms with van der Waals surface area (Å²) in [6, 6.07) is 10.5. The number of thiophene rings is 1. The van der Waals surface area contributed by atoms with Crippen molar-refractivity contribution < 1.29 is 13.7 Å². The van der Waals surface area contributed by atoms with Crippen LogP contribution in [0.25, 0.3) is 11.4 Å². The third-order valence-corrected chi connectivity index (χ3v) is 7.28. The lowest BCUT2D eigenvalue weighted by atomic mass is 9.98. The van der Waals surface area contributed by atoms with Gasteiger partial charge in [-0.2, -0.15) is 4.98 Å². The highest BCUT2D eigenvalue weighted by molar-refractivity contribution is 7.14. The zero-order valence-electron chi connectivity index (χ0n) is 17.2. The van der Waals surface area contributed by atoms with Gasteiger partial charge < -0.3 is 14.7 Å². The van der Waals surface area contributed by atoms with Gasteiger partial charge in [0.25, 0.3) is 5.91 Å². The van der Waals surface area contributed by atoms with Crippen LogP contribution >= 0.6 is 11.3 Å². The molecule has 1 unspecified atom stereocenters. The van der Waals surface area contributed by atoms with Crippen LogP contribution in [0, 0.1) is 5.82 Å². The van der Waals surface area contributed by atoms with Gasteiger partial charge in [0.1, 0.15) is 5.82 Å². The Morgan fingerprint density at radius 3 is 2.81 bits per heavy atom. The summed E-state index contributed by atoms with van der Waals surface area (Å²) in [5, 5.41) is 7.61. The van der Waals surface area contributed by atoms with Crippen LogP contribution in [0.2, 0.25) is 0 Å². The fourth-order valence-corrected chi connectivity index (χ4v) is 5.47. The van der Waals surface area contributed by atoms with E-state index >= 15 is 0 Å². The number of amides is 1. The Morgan fingerprint density at radius 1 is 1.13 bits per heavy atom. The van der Waals surface area contributed by atoms with Crippen LogP contribution in [-0.4, -0.2) is 40.6 Å². The van der Waals surface area contributed by atoms with Crippen molar-refractivity contribution >= 4 is 17.2 Å². The standard InChI is InChI=1S/C23H25FN4O2S/c24-17-8-6-15(7-9-17)21-26-22(30-27-21)16-4-3-13-28(14-16)23(29)20-11-10-19(31-20)18-5-1-2-12-25-18/h6-11,16,18,25H,1-5,12-14H2/t16-,18?/m0/s1. The Kier molecular flexibility index (Phi) is 5.82. The predicted octanol–water partition coefficient (Wildman–Crippen LogP) is 4.77. The van der Waals surface area contributed by atoms with Crippen molar-refractivity contribution in [2.24, 2.45) is 0 Å². The van der Waals surface area contributed by atoms with E-state index in [1.54, 1.807) is 23.5 Å². The van der Waals surface area contributed by atoms with E-state index in [9.17, 15) is 9.18 Å². The Balaban J connectivity index is 1.27. The molecule has 0 aliphatic carbocycles. The molecule has 1 N–H and O–H groups in total. The molecule has 3 aromatic rings. The summed E-state index contributed by atoms with van der Waals surface area (Å²) in [6.07, 6.45) is 5.38. The number of aromatic nitrogens is 2. The lowest BCUT2D eigenvalue weighted by molar-refractivity contribution is 0.0700. The first kappa shape index (κ1) is 20.3. The number of hydrogen-bond donors (Lipinski definition) is 1. The molecule has 1 amide bonds. The maximum atomic E-state index is 13.2. The molecule has 162 valence electrons. The molecule has 0 radical (unpaired) electrons. The van der Waals surface area contributed by atoms with Gasteiger partial charge in [0, 0.05) is 29.6 Å². The number of carbonyl (C=O) groups excluding carboxylic acids is 1. The van der Waals surface area contributed by atoms with Gasteiger partial charge in [0.05, 0.1) is 10.8 Å². The van der Waals surface area contributed by atoms with Crippen LogP contribution in [-0.2, 0) is 0 Å². The SMILES string of the molecule is O=C(c1ccc(C2CCCCN2)s1)N1CCC[C@H](c2nc(-c3ccc(F)cc3)no2)C1. The summed E-state index contributed by atoms with van der Waals surface area (Å²) in [6.45, 7) is 2.35. The first-order valence-corrected chi connectivity index (χ1v) is 11.7. The monoisotopic (exact) mass is 440 g/mol. The number of likely N-dealkylation sites (tertiary alicyclic amines) is 1. The van der Waals surface area contributed by atoms with Gasteiger partial charge in [-0.1, -0.05) is 11.6 Å². The van der Waals surface area contributed by atoms with Crippen LogP contribution in [0.1, 0.15) is 64.5 Å². The molecule has 2 atom stereocenters. The molecular weight excluding hydrogens is 415 g/mol. The maximum Gasteiger partial charge on any atom is 0.263 e. The lowest BCUT2D eigenvalue weighted by Gasteiger charge is -2.30. The van der Waals surface area contributed by atoms with Crippen LogP contribution in [0.5, 0.6) is 0 Å². The molecule has 8 heteroatoms. The van der Waals surface area contributed by atoms with E-state index in [-0.39, 0.29) is 17.6 Å². The lowest BCUT2D eigenvalue weighted by Crippen LogP contribution is -2.38. The van der Waals surface area contributed by atoms with E-state index in [0.29, 0.717) is 29.9 Å². The molecule has 0 spiro atoms. The topological polar surface area (TPSA) is 71.3 Å². The summed E-state index contributed by atoms with van der Waals surface area (Å²) in [4.78, 5) is 21.6. The Hall–Kier alpha value is -2.58. The molecule has 4 heterocycles. The average molecular weight is 441 g/mol. The Bertz CT molecular complexity index is 1040. The van der Waals surface area contributed by atoms with Gasteiger partial charge in [0.15, 0.2) is 0 Å².